The predicted octanol–water partition coefficient (Wildman–Crippen LogP) is 10.1. The van der Waals surface area contributed by atoms with E-state index in [2.05, 4.69) is 30.7 Å². The molecule has 0 saturated heterocycles. The molecular formula is C37H26ClN7O11S3. The van der Waals surface area contributed by atoms with Crippen LogP contribution >= 0.6 is 11.6 Å². The molecule has 7 rings (SSSR count). The van der Waals surface area contributed by atoms with Gasteiger partial charge in [-0.3, -0.25) is 13.7 Å². The highest BCUT2D eigenvalue weighted by Gasteiger charge is 2.22. The number of nitrogen functional groups attached to an aromatic ring is 1. The van der Waals surface area contributed by atoms with Gasteiger partial charge in [0.15, 0.2) is 5.75 Å². The Balaban J connectivity index is 1.35. The molecule has 0 aromatic heterocycles. The second-order valence-electron chi connectivity index (χ2n) is 12.5. The normalized spacial score (nSPS) is 12.8. The summed E-state index contributed by atoms with van der Waals surface area (Å²) in [6, 6.07) is 23.0. The van der Waals surface area contributed by atoms with Crippen molar-refractivity contribution in [2.24, 2.45) is 30.7 Å². The third kappa shape index (κ3) is 8.29. The van der Waals surface area contributed by atoms with Crippen LogP contribution in [0.15, 0.2) is 149 Å². The van der Waals surface area contributed by atoms with Crippen LogP contribution in [0.2, 0.25) is 5.02 Å². The zero-order valence-electron chi connectivity index (χ0n) is 29.8. The van der Waals surface area contributed by atoms with Crippen molar-refractivity contribution in [3.63, 3.8) is 0 Å². The van der Waals surface area contributed by atoms with E-state index in [-0.39, 0.29) is 71.8 Å². The predicted molar refractivity (Wildman–Crippen MR) is 218 cm³/mol. The minimum absolute atomic E-state index is 0.0198. The molecule has 7 aromatic rings. The number of methoxy groups -OCH3 is 1. The van der Waals surface area contributed by atoms with Crippen LogP contribution in [-0.2, 0) is 30.4 Å². The quantitative estimate of drug-likeness (QED) is 0.0487. The van der Waals surface area contributed by atoms with Gasteiger partial charge in [-0.2, -0.15) is 25.3 Å². The summed E-state index contributed by atoms with van der Waals surface area (Å²) in [5.41, 5.74) is 6.10. The SMILES string of the molecule is COc1cc(N=Nc2ccc(N=Nc3ccc(N=Nc4c(S(=O)(=O)O)cc5ccccc5c4O)c4ccc(S(=O)(=O)O)cc34)c3ccc(S(=O)(=O)O)cc23)c(Cl)cc1N. The van der Waals surface area contributed by atoms with Gasteiger partial charge < -0.3 is 15.6 Å². The van der Waals surface area contributed by atoms with Gasteiger partial charge in [-0.15, -0.1) is 30.7 Å². The minimum atomic E-state index is -4.91. The number of halogens is 1. The molecule has 0 aliphatic heterocycles. The standard InChI is InChI=1S/C37H26ClN7O11S3/c1-56-34-18-33(27(38)17-28(34)39)44-42-32-12-10-29(23-8-6-20(15-25(23)32)57(47,48)49)40-41-31-13-11-30(24-9-7-21(16-26(24)31)58(50,51)52)43-45-36-35(59(53,54)55)14-19-4-2-3-5-22(19)37(36)46/h2-18,46H,39H2,1H3,(H,47,48,49)(H,50,51,52)(H,53,54,55). The van der Waals surface area contributed by atoms with E-state index in [0.717, 1.165) is 30.3 Å². The largest absolute Gasteiger partial charge is 0.505 e. The molecule has 300 valence electrons. The van der Waals surface area contributed by atoms with Crippen molar-refractivity contribution >= 4 is 114 Å². The number of nitrogens with two attached hydrogens (primary N) is 1. The zero-order valence-corrected chi connectivity index (χ0v) is 33.0. The molecule has 0 saturated carbocycles. The third-order valence-electron chi connectivity index (χ3n) is 8.81. The summed E-state index contributed by atoms with van der Waals surface area (Å²) in [7, 11) is -12.9. The maximum atomic E-state index is 12.3. The van der Waals surface area contributed by atoms with Crippen molar-refractivity contribution in [2.75, 3.05) is 12.8 Å². The van der Waals surface area contributed by atoms with Crippen molar-refractivity contribution in [3.05, 3.63) is 108 Å². The second-order valence-corrected chi connectivity index (χ2v) is 17.1. The number of benzene rings is 7. The monoisotopic (exact) mass is 875 g/mol. The summed E-state index contributed by atoms with van der Waals surface area (Å²) in [4.78, 5) is -1.71. The summed E-state index contributed by atoms with van der Waals surface area (Å²) in [5, 5.41) is 37.5. The van der Waals surface area contributed by atoms with Gasteiger partial charge in [0, 0.05) is 33.0 Å². The first-order valence-electron chi connectivity index (χ1n) is 16.5. The summed E-state index contributed by atoms with van der Waals surface area (Å²) in [5.74, 6) is -0.305. The average Bonchev–Trinajstić information content (AvgIpc) is 3.18. The van der Waals surface area contributed by atoms with Gasteiger partial charge in [0.2, 0.25) is 0 Å². The van der Waals surface area contributed by atoms with Crippen molar-refractivity contribution in [2.45, 2.75) is 14.7 Å². The Morgan fingerprint density at radius 2 is 1.02 bits per heavy atom. The number of hydrogen-bond acceptors (Lipinski definition) is 15. The number of aromatic hydroxyl groups is 1. The maximum Gasteiger partial charge on any atom is 0.296 e. The number of hydrogen-bond donors (Lipinski definition) is 5. The molecule has 0 spiro atoms. The number of phenols is 1. The van der Waals surface area contributed by atoms with E-state index in [0.29, 0.717) is 5.39 Å². The lowest BCUT2D eigenvalue weighted by atomic mass is 10.1. The number of nitrogens with zero attached hydrogens (tertiary/aromatic N) is 6. The highest BCUT2D eigenvalue weighted by Crippen LogP contribution is 2.44. The van der Waals surface area contributed by atoms with Crippen LogP contribution in [0.5, 0.6) is 11.5 Å². The van der Waals surface area contributed by atoms with Gasteiger partial charge in [0.1, 0.15) is 22.0 Å². The molecule has 0 heterocycles. The number of ether oxygens (including phenoxy) is 1. The highest BCUT2D eigenvalue weighted by molar-refractivity contribution is 7.86. The number of azo groups is 3. The number of anilines is 1. The van der Waals surface area contributed by atoms with Gasteiger partial charge in [-0.05, 0) is 66.0 Å². The van der Waals surface area contributed by atoms with Gasteiger partial charge in [0.25, 0.3) is 30.4 Å². The Labute approximate surface area is 339 Å². The molecule has 7 aromatic carbocycles. The molecule has 59 heavy (non-hydrogen) atoms. The van der Waals surface area contributed by atoms with E-state index in [9.17, 15) is 44.0 Å². The summed E-state index contributed by atoms with van der Waals surface area (Å²) < 4.78 is 108. The van der Waals surface area contributed by atoms with Gasteiger partial charge >= 0.3 is 0 Å². The first-order chi connectivity index (χ1) is 27.8. The van der Waals surface area contributed by atoms with E-state index in [1.807, 2.05) is 0 Å². The first-order valence-corrected chi connectivity index (χ1v) is 21.2. The number of fused-ring (bicyclic) bond motifs is 3. The van der Waals surface area contributed by atoms with Crippen molar-refractivity contribution in [3.8, 4) is 11.5 Å². The molecule has 6 N–H and O–H groups in total. The molecule has 0 unspecified atom stereocenters. The Morgan fingerprint density at radius 3 is 1.51 bits per heavy atom. The minimum Gasteiger partial charge on any atom is -0.505 e. The topological polar surface area (TPSA) is 293 Å². The van der Waals surface area contributed by atoms with Crippen LogP contribution in [-0.4, -0.2) is 51.1 Å². The number of phenolic OH excluding ortho intramolecular Hbond substituents is 1. The molecule has 0 bridgehead atoms. The van der Waals surface area contributed by atoms with Crippen LogP contribution in [0.1, 0.15) is 0 Å². The van der Waals surface area contributed by atoms with Crippen LogP contribution in [0.3, 0.4) is 0 Å². The molecule has 0 aliphatic rings. The second kappa shape index (κ2) is 15.4. The highest BCUT2D eigenvalue weighted by atomic mass is 35.5. The van der Waals surface area contributed by atoms with E-state index in [1.165, 1.54) is 67.8 Å². The smallest absolute Gasteiger partial charge is 0.296 e. The van der Waals surface area contributed by atoms with E-state index < -0.39 is 56.5 Å². The molecule has 0 fully saturated rings. The lowest BCUT2D eigenvalue weighted by Gasteiger charge is -2.10. The summed E-state index contributed by atoms with van der Waals surface area (Å²) in [6.45, 7) is 0. The van der Waals surface area contributed by atoms with Crippen LogP contribution in [0, 0.1) is 0 Å². The first kappa shape index (κ1) is 40.7. The number of rotatable bonds is 10. The van der Waals surface area contributed by atoms with Gasteiger partial charge in [0.05, 0.1) is 50.4 Å². The van der Waals surface area contributed by atoms with E-state index in [4.69, 9.17) is 22.1 Å². The van der Waals surface area contributed by atoms with E-state index in [1.54, 1.807) is 12.1 Å². The maximum absolute atomic E-state index is 12.3. The Bertz CT molecular complexity index is 3350. The molecule has 0 aliphatic carbocycles. The van der Waals surface area contributed by atoms with Crippen LogP contribution in [0.4, 0.5) is 39.8 Å². The van der Waals surface area contributed by atoms with Crippen molar-refractivity contribution < 1.29 is 48.8 Å². The van der Waals surface area contributed by atoms with Crippen molar-refractivity contribution in [1.29, 1.82) is 0 Å². The molecule has 0 radical (unpaired) electrons. The van der Waals surface area contributed by atoms with Gasteiger partial charge in [-0.25, -0.2) is 0 Å². The third-order valence-corrected chi connectivity index (χ3v) is 11.7. The van der Waals surface area contributed by atoms with Gasteiger partial charge in [-0.1, -0.05) is 48.0 Å². The van der Waals surface area contributed by atoms with Crippen molar-refractivity contribution in [1.82, 2.24) is 0 Å². The Kier molecular flexibility index (Phi) is 10.6. The van der Waals surface area contributed by atoms with Crippen LogP contribution in [0.25, 0.3) is 32.3 Å². The Morgan fingerprint density at radius 1 is 0.542 bits per heavy atom. The zero-order chi connectivity index (χ0) is 42.4. The Hall–Kier alpha value is -6.46. The fourth-order valence-corrected chi connectivity index (χ4v) is 7.86. The fourth-order valence-electron chi connectivity index (χ4n) is 5.98. The lowest BCUT2D eigenvalue weighted by Crippen LogP contribution is -1.99. The summed E-state index contributed by atoms with van der Waals surface area (Å²) in [6.07, 6.45) is 0. The molecular weight excluding hydrogens is 850 g/mol. The molecule has 0 atom stereocenters. The molecule has 0 amide bonds. The summed E-state index contributed by atoms with van der Waals surface area (Å²) >= 11 is 6.30. The molecule has 22 heteroatoms. The lowest BCUT2D eigenvalue weighted by molar-refractivity contribution is 0.417. The average molecular weight is 876 g/mol. The van der Waals surface area contributed by atoms with E-state index >= 15 is 0 Å². The van der Waals surface area contributed by atoms with Crippen LogP contribution < -0.4 is 10.5 Å². The fraction of sp³-hybridized carbons (Fsp3) is 0.0270. The molecule has 18 nitrogen and oxygen atoms in total.